The Labute approximate surface area is 130 Å². The number of rotatable bonds is 4. The number of urea groups is 1. The third-order valence-corrected chi connectivity index (χ3v) is 4.15. The van der Waals surface area contributed by atoms with Gasteiger partial charge < -0.3 is 15.7 Å². The summed E-state index contributed by atoms with van der Waals surface area (Å²) in [5, 5.41) is 14.3. The van der Waals surface area contributed by atoms with Crippen molar-refractivity contribution in [3.05, 3.63) is 51.2 Å². The lowest BCUT2D eigenvalue weighted by atomic mass is 10.2. The minimum absolute atomic E-state index is 0.117. The molecule has 1 heterocycles. The Hall–Kier alpha value is -2.05. The molecule has 0 radical (unpaired) electrons. The molecule has 2 rings (SSSR count). The van der Waals surface area contributed by atoms with Gasteiger partial charge in [-0.3, -0.25) is 0 Å². The van der Waals surface area contributed by atoms with Crippen LogP contribution in [0.4, 0.5) is 10.5 Å². The van der Waals surface area contributed by atoms with Gasteiger partial charge in [-0.1, -0.05) is 17.7 Å². The molecule has 5 nitrogen and oxygen atoms in total. The molecule has 0 bridgehead atoms. The second kappa shape index (κ2) is 6.60. The summed E-state index contributed by atoms with van der Waals surface area (Å²) in [6.45, 7) is 1.84. The van der Waals surface area contributed by atoms with Crippen molar-refractivity contribution in [2.24, 2.45) is 0 Å². The van der Waals surface area contributed by atoms with E-state index in [0.717, 1.165) is 4.88 Å². The number of carbonyl (C=O) groups is 2. The number of anilines is 1. The van der Waals surface area contributed by atoms with E-state index >= 15 is 0 Å². The summed E-state index contributed by atoms with van der Waals surface area (Å²) >= 11 is 7.25. The van der Waals surface area contributed by atoms with Gasteiger partial charge in [-0.25, -0.2) is 9.59 Å². The summed E-state index contributed by atoms with van der Waals surface area (Å²) in [5.41, 5.74) is 0.537. The predicted molar refractivity (Wildman–Crippen MR) is 83.3 cm³/mol. The van der Waals surface area contributed by atoms with E-state index in [1.54, 1.807) is 18.2 Å². The van der Waals surface area contributed by atoms with Gasteiger partial charge >= 0.3 is 12.0 Å². The summed E-state index contributed by atoms with van der Waals surface area (Å²) in [4.78, 5) is 23.7. The van der Waals surface area contributed by atoms with Crippen LogP contribution >= 0.6 is 22.9 Å². The molecular weight excluding hydrogens is 312 g/mol. The summed E-state index contributed by atoms with van der Waals surface area (Å²) in [7, 11) is 0. The largest absolute Gasteiger partial charge is 0.478 e. The molecule has 7 heteroatoms. The van der Waals surface area contributed by atoms with Gasteiger partial charge in [0.1, 0.15) is 0 Å². The van der Waals surface area contributed by atoms with Gasteiger partial charge in [0.2, 0.25) is 0 Å². The van der Waals surface area contributed by atoms with Crippen molar-refractivity contribution >= 4 is 40.6 Å². The highest BCUT2D eigenvalue weighted by molar-refractivity contribution is 7.16. The highest BCUT2D eigenvalue weighted by Crippen LogP contribution is 2.26. The van der Waals surface area contributed by atoms with Crippen LogP contribution < -0.4 is 10.6 Å². The first kappa shape index (κ1) is 15.3. The predicted octanol–water partition coefficient (Wildman–Crippen LogP) is 3.98. The summed E-state index contributed by atoms with van der Waals surface area (Å²) in [5.74, 6) is -1.04. The van der Waals surface area contributed by atoms with Gasteiger partial charge in [-0.15, -0.1) is 11.3 Å². The van der Waals surface area contributed by atoms with Crippen molar-refractivity contribution in [1.29, 1.82) is 0 Å². The van der Waals surface area contributed by atoms with Gasteiger partial charge in [0.15, 0.2) is 0 Å². The lowest BCUT2D eigenvalue weighted by Gasteiger charge is -2.13. The second-order valence-corrected chi connectivity index (χ2v) is 6.09. The lowest BCUT2D eigenvalue weighted by Crippen LogP contribution is -2.30. The van der Waals surface area contributed by atoms with Crippen LogP contribution in [0, 0.1) is 0 Å². The molecule has 1 unspecified atom stereocenters. The maximum atomic E-state index is 11.9. The first-order chi connectivity index (χ1) is 9.95. The molecule has 3 N–H and O–H groups in total. The molecule has 1 aromatic carbocycles. The maximum Gasteiger partial charge on any atom is 0.335 e. The van der Waals surface area contributed by atoms with Crippen molar-refractivity contribution in [1.82, 2.24) is 5.32 Å². The normalized spacial score (nSPS) is 11.7. The number of carbonyl (C=O) groups excluding carboxylic acids is 1. The van der Waals surface area contributed by atoms with Crippen molar-refractivity contribution in [3.63, 3.8) is 0 Å². The fourth-order valence-corrected chi connectivity index (χ4v) is 2.79. The number of aromatic carboxylic acids is 1. The summed E-state index contributed by atoms with van der Waals surface area (Å²) < 4.78 is 0.660. The zero-order chi connectivity index (χ0) is 15.4. The molecule has 0 aliphatic heterocycles. The number of thiophene rings is 1. The monoisotopic (exact) mass is 324 g/mol. The topological polar surface area (TPSA) is 78.4 Å². The second-order valence-electron chi connectivity index (χ2n) is 4.35. The van der Waals surface area contributed by atoms with Crippen LogP contribution in [0.5, 0.6) is 0 Å². The van der Waals surface area contributed by atoms with Crippen LogP contribution in [0.2, 0.25) is 4.34 Å². The average molecular weight is 325 g/mol. The highest BCUT2D eigenvalue weighted by Gasteiger charge is 2.12. The van der Waals surface area contributed by atoms with Crippen molar-refractivity contribution in [2.45, 2.75) is 13.0 Å². The summed E-state index contributed by atoms with van der Waals surface area (Å²) in [6, 6.07) is 9.08. The van der Waals surface area contributed by atoms with Gasteiger partial charge in [0, 0.05) is 10.6 Å². The van der Waals surface area contributed by atoms with E-state index in [2.05, 4.69) is 10.6 Å². The van der Waals surface area contributed by atoms with Gasteiger partial charge in [0.25, 0.3) is 0 Å². The average Bonchev–Trinajstić information content (AvgIpc) is 2.85. The Morgan fingerprint density at radius 3 is 2.67 bits per heavy atom. The Morgan fingerprint density at radius 1 is 1.29 bits per heavy atom. The Bertz CT molecular complexity index is 672. The van der Waals surface area contributed by atoms with Crippen molar-refractivity contribution in [3.8, 4) is 0 Å². The molecule has 0 fully saturated rings. The molecule has 0 spiro atoms. The van der Waals surface area contributed by atoms with Crippen molar-refractivity contribution in [2.75, 3.05) is 5.32 Å². The van der Waals surface area contributed by atoms with Gasteiger partial charge in [-0.2, -0.15) is 0 Å². The molecule has 1 aromatic heterocycles. The first-order valence-electron chi connectivity index (χ1n) is 6.12. The Balaban J connectivity index is 1.98. The SMILES string of the molecule is CC(NC(=O)Nc1cccc(C(=O)O)c1)c1ccc(Cl)s1. The Morgan fingerprint density at radius 2 is 2.05 bits per heavy atom. The Kier molecular flexibility index (Phi) is 4.82. The number of carboxylic acids is 1. The number of hydrogen-bond donors (Lipinski definition) is 3. The molecule has 2 amide bonds. The number of hydrogen-bond acceptors (Lipinski definition) is 3. The lowest BCUT2D eigenvalue weighted by molar-refractivity contribution is 0.0697. The van der Waals surface area contributed by atoms with Crippen LogP contribution in [0.15, 0.2) is 36.4 Å². The fourth-order valence-electron chi connectivity index (χ4n) is 1.73. The quantitative estimate of drug-likeness (QED) is 0.796. The third kappa shape index (κ3) is 4.21. The van der Waals surface area contributed by atoms with E-state index in [9.17, 15) is 9.59 Å². The molecule has 2 aromatic rings. The molecule has 0 saturated carbocycles. The van der Waals surface area contributed by atoms with E-state index in [1.807, 2.05) is 13.0 Å². The maximum absolute atomic E-state index is 11.9. The molecule has 0 aliphatic carbocycles. The van der Waals surface area contributed by atoms with E-state index < -0.39 is 12.0 Å². The van der Waals surface area contributed by atoms with Gasteiger partial charge in [-0.05, 0) is 37.3 Å². The number of carboxylic acid groups (broad SMARTS) is 1. The van der Waals surface area contributed by atoms with Crippen LogP contribution in [0.1, 0.15) is 28.2 Å². The third-order valence-electron chi connectivity index (χ3n) is 2.74. The molecule has 110 valence electrons. The minimum atomic E-state index is -1.04. The standard InChI is InChI=1S/C14H13ClN2O3S/c1-8(11-5-6-12(15)21-11)16-14(20)17-10-4-2-3-9(7-10)13(18)19/h2-8H,1H3,(H,18,19)(H2,16,17,20). The van der Waals surface area contributed by atoms with E-state index in [0.29, 0.717) is 10.0 Å². The number of benzene rings is 1. The van der Waals surface area contributed by atoms with Crippen molar-refractivity contribution < 1.29 is 14.7 Å². The number of halogens is 1. The number of amides is 2. The molecular formula is C14H13ClN2O3S. The van der Waals surface area contributed by atoms with E-state index in [1.165, 1.54) is 23.5 Å². The number of nitrogens with one attached hydrogen (secondary N) is 2. The molecule has 1 atom stereocenters. The van der Waals surface area contributed by atoms with E-state index in [-0.39, 0.29) is 11.6 Å². The molecule has 21 heavy (non-hydrogen) atoms. The fraction of sp³-hybridized carbons (Fsp3) is 0.143. The molecule has 0 saturated heterocycles. The molecule has 0 aliphatic rings. The first-order valence-corrected chi connectivity index (χ1v) is 7.31. The van der Waals surface area contributed by atoms with E-state index in [4.69, 9.17) is 16.7 Å². The smallest absolute Gasteiger partial charge is 0.335 e. The zero-order valence-electron chi connectivity index (χ0n) is 11.1. The zero-order valence-corrected chi connectivity index (χ0v) is 12.7. The van der Waals surface area contributed by atoms with Crippen LogP contribution in [-0.2, 0) is 0 Å². The minimum Gasteiger partial charge on any atom is -0.478 e. The van der Waals surface area contributed by atoms with Crippen LogP contribution in [0.25, 0.3) is 0 Å². The highest BCUT2D eigenvalue weighted by atomic mass is 35.5. The van der Waals surface area contributed by atoms with Crippen LogP contribution in [0.3, 0.4) is 0 Å². The van der Waals surface area contributed by atoms with Crippen LogP contribution in [-0.4, -0.2) is 17.1 Å². The summed E-state index contributed by atoms with van der Waals surface area (Å²) in [6.07, 6.45) is 0. The van der Waals surface area contributed by atoms with Gasteiger partial charge in [0.05, 0.1) is 15.9 Å².